The minimum absolute atomic E-state index is 0.195. The highest BCUT2D eigenvalue weighted by Gasteiger charge is 2.45. The number of amides is 1. The molecule has 1 aliphatic heterocycles. The van der Waals surface area contributed by atoms with Gasteiger partial charge in [0.15, 0.2) is 0 Å². The molecule has 2 unspecified atom stereocenters. The lowest BCUT2D eigenvalue weighted by Gasteiger charge is -2.20. The van der Waals surface area contributed by atoms with Crippen molar-refractivity contribution in [2.75, 3.05) is 6.61 Å². The average Bonchev–Trinajstić information content (AvgIpc) is 3.13. The van der Waals surface area contributed by atoms with Gasteiger partial charge in [-0.15, -0.1) is 0 Å². The van der Waals surface area contributed by atoms with Crippen molar-refractivity contribution in [3.8, 4) is 0 Å². The van der Waals surface area contributed by atoms with Crippen LogP contribution in [-0.4, -0.2) is 40.4 Å². The maximum atomic E-state index is 11.3. The van der Waals surface area contributed by atoms with Gasteiger partial charge in [0.05, 0.1) is 17.9 Å². The number of aliphatic carboxylic acids is 2. The molecule has 25 heavy (non-hydrogen) atoms. The lowest BCUT2D eigenvalue weighted by molar-refractivity contribution is -0.148. The summed E-state index contributed by atoms with van der Waals surface area (Å²) in [5.41, 5.74) is 1.70. The van der Waals surface area contributed by atoms with Gasteiger partial charge in [-0.1, -0.05) is 24.3 Å². The molecule has 3 rings (SSSR count). The van der Waals surface area contributed by atoms with Crippen molar-refractivity contribution in [3.05, 3.63) is 35.4 Å². The average molecular weight is 347 g/mol. The van der Waals surface area contributed by atoms with E-state index in [1.807, 2.05) is 24.3 Å². The summed E-state index contributed by atoms with van der Waals surface area (Å²) >= 11 is 0. The smallest absolute Gasteiger partial charge is 0.407 e. The van der Waals surface area contributed by atoms with Crippen molar-refractivity contribution >= 4 is 18.0 Å². The Morgan fingerprint density at radius 2 is 2.00 bits per heavy atom. The normalized spacial score (nSPS) is 26.2. The summed E-state index contributed by atoms with van der Waals surface area (Å²) in [5.74, 6) is -2.81. The third-order valence-electron chi connectivity index (χ3n) is 5.16. The second-order valence-corrected chi connectivity index (χ2v) is 7.00. The van der Waals surface area contributed by atoms with E-state index in [2.05, 4.69) is 5.32 Å². The number of hydrogen-bond donors (Lipinski definition) is 3. The van der Waals surface area contributed by atoms with E-state index < -0.39 is 17.9 Å². The molecule has 0 radical (unpaired) electrons. The van der Waals surface area contributed by atoms with Crippen LogP contribution in [0.4, 0.5) is 4.79 Å². The molecule has 7 heteroatoms. The van der Waals surface area contributed by atoms with Gasteiger partial charge >= 0.3 is 18.0 Å². The lowest BCUT2D eigenvalue weighted by Crippen LogP contribution is -2.40. The standard InChI is InChI=1S/C18H21NO6/c20-15(21)8-14(16(22)23)7-11-1-3-12(4-2-11)13-5-6-18(9-13)10-25-17(24)19-18/h1-4,13-14H,5-10H2,(H,19,24)(H,20,21)(H,22,23)/t13-,14?,18?/m1/s1. The molecule has 2 aliphatic rings. The maximum Gasteiger partial charge on any atom is 0.407 e. The van der Waals surface area contributed by atoms with E-state index in [0.717, 1.165) is 30.4 Å². The molecule has 134 valence electrons. The van der Waals surface area contributed by atoms with Gasteiger partial charge in [-0.25, -0.2) is 4.79 Å². The van der Waals surface area contributed by atoms with Crippen molar-refractivity contribution in [2.24, 2.45) is 5.92 Å². The van der Waals surface area contributed by atoms with Gasteiger partial charge in [-0.3, -0.25) is 9.59 Å². The Balaban J connectivity index is 1.63. The predicted octanol–water partition coefficient (Wildman–Crippen LogP) is 2.15. The molecule has 1 saturated heterocycles. The summed E-state index contributed by atoms with van der Waals surface area (Å²) in [6.45, 7) is 0.413. The van der Waals surface area contributed by atoms with Crippen LogP contribution in [-0.2, 0) is 20.7 Å². The SMILES string of the molecule is O=C(O)CC(Cc1ccc([C@@H]2CCC3(COC(=O)N3)C2)cc1)C(=O)O. The Kier molecular flexibility index (Phi) is 4.65. The van der Waals surface area contributed by atoms with Crippen LogP contribution in [0.25, 0.3) is 0 Å². The van der Waals surface area contributed by atoms with Gasteiger partial charge in [0, 0.05) is 0 Å². The van der Waals surface area contributed by atoms with Crippen LogP contribution in [0.2, 0.25) is 0 Å². The Hall–Kier alpha value is -2.57. The van der Waals surface area contributed by atoms with Crippen LogP contribution in [0.5, 0.6) is 0 Å². The van der Waals surface area contributed by atoms with Gasteiger partial charge in [-0.05, 0) is 42.7 Å². The van der Waals surface area contributed by atoms with Gasteiger partial charge < -0.3 is 20.3 Å². The Morgan fingerprint density at radius 1 is 1.28 bits per heavy atom. The quantitative estimate of drug-likeness (QED) is 0.727. The summed E-state index contributed by atoms with van der Waals surface area (Å²) in [4.78, 5) is 33.3. The fourth-order valence-corrected chi connectivity index (χ4v) is 3.82. The molecule has 1 saturated carbocycles. The van der Waals surface area contributed by atoms with Gasteiger partial charge in [0.25, 0.3) is 0 Å². The largest absolute Gasteiger partial charge is 0.481 e. The maximum absolute atomic E-state index is 11.3. The Morgan fingerprint density at radius 3 is 2.56 bits per heavy atom. The fourth-order valence-electron chi connectivity index (χ4n) is 3.82. The first-order chi connectivity index (χ1) is 11.9. The zero-order valence-electron chi connectivity index (χ0n) is 13.7. The Labute approximate surface area is 145 Å². The van der Waals surface area contributed by atoms with Gasteiger partial charge in [-0.2, -0.15) is 0 Å². The number of alkyl carbamates (subject to hydrolysis) is 1. The summed E-state index contributed by atoms with van der Waals surface area (Å²) in [6, 6.07) is 7.66. The first-order valence-corrected chi connectivity index (χ1v) is 8.35. The highest BCUT2D eigenvalue weighted by Crippen LogP contribution is 2.42. The fraction of sp³-hybridized carbons (Fsp3) is 0.500. The van der Waals surface area contributed by atoms with Crippen molar-refractivity contribution in [3.63, 3.8) is 0 Å². The number of ether oxygens (including phenoxy) is 1. The summed E-state index contributed by atoms with van der Waals surface area (Å²) in [5, 5.41) is 20.9. The molecule has 0 bridgehead atoms. The molecule has 1 heterocycles. The van der Waals surface area contributed by atoms with Crippen molar-refractivity contribution < 1.29 is 29.3 Å². The monoisotopic (exact) mass is 347 g/mol. The number of carboxylic acid groups (broad SMARTS) is 2. The van der Waals surface area contributed by atoms with E-state index in [4.69, 9.17) is 14.9 Å². The van der Waals surface area contributed by atoms with E-state index in [9.17, 15) is 14.4 Å². The second-order valence-electron chi connectivity index (χ2n) is 7.00. The molecule has 1 aromatic carbocycles. The highest BCUT2D eigenvalue weighted by atomic mass is 16.6. The van der Waals surface area contributed by atoms with E-state index in [-0.39, 0.29) is 24.5 Å². The van der Waals surface area contributed by atoms with Crippen LogP contribution in [0, 0.1) is 5.92 Å². The van der Waals surface area contributed by atoms with E-state index in [1.54, 1.807) is 0 Å². The van der Waals surface area contributed by atoms with Gasteiger partial charge in [0.1, 0.15) is 6.61 Å². The van der Waals surface area contributed by atoms with E-state index >= 15 is 0 Å². The minimum atomic E-state index is -1.11. The predicted molar refractivity (Wildman–Crippen MR) is 87.3 cm³/mol. The summed E-state index contributed by atoms with van der Waals surface area (Å²) in [7, 11) is 0. The molecule has 1 aromatic rings. The van der Waals surface area contributed by atoms with Crippen LogP contribution < -0.4 is 5.32 Å². The topological polar surface area (TPSA) is 113 Å². The van der Waals surface area contributed by atoms with Gasteiger partial charge in [0.2, 0.25) is 0 Å². The number of benzene rings is 1. The van der Waals surface area contributed by atoms with Crippen LogP contribution in [0.15, 0.2) is 24.3 Å². The molecular formula is C18H21NO6. The van der Waals surface area contributed by atoms with E-state index in [0.29, 0.717) is 12.5 Å². The molecule has 1 spiro atoms. The Bertz CT molecular complexity index is 685. The molecule has 2 fully saturated rings. The first kappa shape index (κ1) is 17.3. The zero-order valence-corrected chi connectivity index (χ0v) is 13.7. The van der Waals surface area contributed by atoms with Crippen LogP contribution in [0.1, 0.15) is 42.7 Å². The molecule has 3 N–H and O–H groups in total. The molecule has 7 nitrogen and oxygen atoms in total. The van der Waals surface area contributed by atoms with Crippen molar-refractivity contribution in [1.29, 1.82) is 0 Å². The molecule has 0 aromatic heterocycles. The minimum Gasteiger partial charge on any atom is -0.481 e. The summed E-state index contributed by atoms with van der Waals surface area (Å²) in [6.07, 6.45) is 2.12. The number of carbonyl (C=O) groups is 3. The van der Waals surface area contributed by atoms with Crippen molar-refractivity contribution in [2.45, 2.75) is 43.6 Å². The molecule has 3 atom stereocenters. The number of carboxylic acids is 2. The van der Waals surface area contributed by atoms with E-state index in [1.165, 1.54) is 0 Å². The lowest BCUT2D eigenvalue weighted by atomic mass is 9.91. The molecule has 1 aliphatic carbocycles. The van der Waals surface area contributed by atoms with Crippen LogP contribution in [0.3, 0.4) is 0 Å². The number of rotatable bonds is 6. The number of carbonyl (C=O) groups excluding carboxylic acids is 1. The third kappa shape index (κ3) is 3.92. The number of hydrogen-bond acceptors (Lipinski definition) is 4. The zero-order chi connectivity index (χ0) is 18.0. The number of nitrogens with one attached hydrogen (secondary N) is 1. The summed E-state index contributed by atoms with van der Waals surface area (Å²) < 4.78 is 5.04. The molecular weight excluding hydrogens is 326 g/mol. The van der Waals surface area contributed by atoms with Crippen LogP contribution >= 0.6 is 0 Å². The van der Waals surface area contributed by atoms with Crippen molar-refractivity contribution in [1.82, 2.24) is 5.32 Å². The highest BCUT2D eigenvalue weighted by molar-refractivity contribution is 5.78. The second kappa shape index (κ2) is 6.74. The molecule has 1 amide bonds. The first-order valence-electron chi connectivity index (χ1n) is 8.35. The third-order valence-corrected chi connectivity index (χ3v) is 5.16. The number of cyclic esters (lactones) is 1.